The summed E-state index contributed by atoms with van der Waals surface area (Å²) in [6.07, 6.45) is 1.40. The predicted octanol–water partition coefficient (Wildman–Crippen LogP) is 2.08. The van der Waals surface area contributed by atoms with Gasteiger partial charge in [-0.3, -0.25) is 4.79 Å². The van der Waals surface area contributed by atoms with Crippen LogP contribution in [0.5, 0.6) is 0 Å². The average Bonchev–Trinajstić information content (AvgIpc) is 2.70. The van der Waals surface area contributed by atoms with Crippen molar-refractivity contribution in [2.24, 2.45) is 0 Å². The Kier molecular flexibility index (Phi) is 3.24. The van der Waals surface area contributed by atoms with Gasteiger partial charge in [0.2, 0.25) is 0 Å². The van der Waals surface area contributed by atoms with E-state index in [1.54, 1.807) is 11.8 Å². The lowest BCUT2D eigenvalue weighted by Gasteiger charge is -2.25. The number of carbonyl (C=O) groups excluding carboxylic acids is 2. The third-order valence-corrected chi connectivity index (χ3v) is 3.69. The monoisotopic (exact) mass is 239 g/mol. The van der Waals surface area contributed by atoms with Gasteiger partial charge < -0.3 is 9.64 Å². The molecule has 1 aromatic heterocycles. The smallest absolute Gasteiger partial charge is 0.410 e. The highest BCUT2D eigenvalue weighted by molar-refractivity contribution is 7.13. The molecule has 5 heteroatoms. The molecule has 0 atom stereocenters. The van der Waals surface area contributed by atoms with Crippen molar-refractivity contribution in [1.29, 1.82) is 0 Å². The van der Waals surface area contributed by atoms with Gasteiger partial charge in [0, 0.05) is 11.4 Å². The maximum atomic E-state index is 11.5. The Hall–Kier alpha value is -1.36. The first-order valence-electron chi connectivity index (χ1n) is 5.23. The molecule has 1 aromatic rings. The normalized spacial score (nSPS) is 14.4. The highest BCUT2D eigenvalue weighted by Crippen LogP contribution is 2.27. The Bertz CT molecular complexity index is 413. The van der Waals surface area contributed by atoms with Crippen LogP contribution in [0.4, 0.5) is 4.79 Å². The fourth-order valence-corrected chi connectivity index (χ4v) is 2.77. The van der Waals surface area contributed by atoms with Crippen LogP contribution < -0.4 is 0 Å². The van der Waals surface area contributed by atoms with Crippen LogP contribution in [0.15, 0.2) is 6.07 Å². The molecule has 0 aromatic carbocycles. The second-order valence-electron chi connectivity index (χ2n) is 3.59. The van der Waals surface area contributed by atoms with Gasteiger partial charge in [0.1, 0.15) is 0 Å². The first-order chi connectivity index (χ1) is 7.74. The summed E-state index contributed by atoms with van der Waals surface area (Å²) in [6, 6.07) is 1.86. The quantitative estimate of drug-likeness (QED) is 0.742. The van der Waals surface area contributed by atoms with E-state index in [1.807, 2.05) is 6.07 Å². The Labute approximate surface area is 97.8 Å². The van der Waals surface area contributed by atoms with E-state index in [2.05, 4.69) is 0 Å². The summed E-state index contributed by atoms with van der Waals surface area (Å²) >= 11 is 1.52. The minimum atomic E-state index is -0.271. The molecule has 0 aliphatic carbocycles. The van der Waals surface area contributed by atoms with Crippen molar-refractivity contribution in [3.63, 3.8) is 0 Å². The van der Waals surface area contributed by atoms with Gasteiger partial charge in [-0.2, -0.15) is 0 Å². The molecule has 1 aliphatic rings. The lowest BCUT2D eigenvalue weighted by Crippen LogP contribution is -2.35. The lowest BCUT2D eigenvalue weighted by atomic mass is 10.1. The number of carbonyl (C=O) groups is 2. The number of hydrogen-bond acceptors (Lipinski definition) is 4. The molecule has 0 fully saturated rings. The SMILES string of the molecule is CCOC(=O)N1CCc2sc(C=O)cc2C1. The van der Waals surface area contributed by atoms with Crippen LogP contribution in [0.25, 0.3) is 0 Å². The zero-order chi connectivity index (χ0) is 11.5. The maximum absolute atomic E-state index is 11.5. The molecular weight excluding hydrogens is 226 g/mol. The maximum Gasteiger partial charge on any atom is 0.410 e. The Morgan fingerprint density at radius 1 is 1.69 bits per heavy atom. The molecule has 16 heavy (non-hydrogen) atoms. The minimum Gasteiger partial charge on any atom is -0.450 e. The van der Waals surface area contributed by atoms with Crippen molar-refractivity contribution >= 4 is 23.7 Å². The van der Waals surface area contributed by atoms with Gasteiger partial charge in [-0.25, -0.2) is 4.79 Å². The van der Waals surface area contributed by atoms with Crippen molar-refractivity contribution in [3.05, 3.63) is 21.4 Å². The van der Waals surface area contributed by atoms with Gasteiger partial charge in [-0.05, 0) is 25.0 Å². The average molecular weight is 239 g/mol. The Morgan fingerprint density at radius 3 is 3.19 bits per heavy atom. The highest BCUT2D eigenvalue weighted by Gasteiger charge is 2.23. The van der Waals surface area contributed by atoms with Gasteiger partial charge in [0.25, 0.3) is 0 Å². The fourth-order valence-electron chi connectivity index (χ4n) is 1.78. The van der Waals surface area contributed by atoms with Gasteiger partial charge in [-0.1, -0.05) is 0 Å². The van der Waals surface area contributed by atoms with E-state index in [1.165, 1.54) is 16.2 Å². The van der Waals surface area contributed by atoms with E-state index >= 15 is 0 Å². The second kappa shape index (κ2) is 4.65. The molecule has 86 valence electrons. The molecule has 0 saturated carbocycles. The molecule has 0 spiro atoms. The van der Waals surface area contributed by atoms with E-state index in [4.69, 9.17) is 4.74 Å². The summed E-state index contributed by atoms with van der Waals surface area (Å²) in [5.74, 6) is 0. The first-order valence-corrected chi connectivity index (χ1v) is 6.04. The Balaban J connectivity index is 2.10. The summed E-state index contributed by atoms with van der Waals surface area (Å²) in [7, 11) is 0. The molecule has 0 bridgehead atoms. The van der Waals surface area contributed by atoms with E-state index in [0.717, 1.165) is 23.1 Å². The van der Waals surface area contributed by atoms with Crippen LogP contribution in [0.1, 0.15) is 27.0 Å². The van der Waals surface area contributed by atoms with Crippen molar-refractivity contribution in [2.75, 3.05) is 13.2 Å². The van der Waals surface area contributed by atoms with Crippen molar-refractivity contribution < 1.29 is 14.3 Å². The zero-order valence-corrected chi connectivity index (χ0v) is 9.88. The molecule has 0 unspecified atom stereocenters. The number of rotatable bonds is 2. The van der Waals surface area contributed by atoms with Crippen molar-refractivity contribution in [3.8, 4) is 0 Å². The van der Waals surface area contributed by atoms with Crippen LogP contribution in [0.3, 0.4) is 0 Å². The van der Waals surface area contributed by atoms with Gasteiger partial charge in [-0.15, -0.1) is 11.3 Å². The molecule has 1 amide bonds. The van der Waals surface area contributed by atoms with Crippen LogP contribution in [-0.4, -0.2) is 30.4 Å². The largest absolute Gasteiger partial charge is 0.450 e. The topological polar surface area (TPSA) is 46.6 Å². The third-order valence-electron chi connectivity index (χ3n) is 2.53. The molecule has 0 radical (unpaired) electrons. The molecule has 2 heterocycles. The van der Waals surface area contributed by atoms with Gasteiger partial charge >= 0.3 is 6.09 Å². The standard InChI is InChI=1S/C11H13NO3S/c1-2-15-11(14)12-4-3-10-8(6-12)5-9(7-13)16-10/h5,7H,2-4,6H2,1H3. The lowest BCUT2D eigenvalue weighted by molar-refractivity contribution is 0.103. The molecule has 0 saturated heterocycles. The molecule has 1 aliphatic heterocycles. The van der Waals surface area contributed by atoms with E-state index in [9.17, 15) is 9.59 Å². The third kappa shape index (κ3) is 2.09. The van der Waals surface area contributed by atoms with Crippen molar-refractivity contribution in [1.82, 2.24) is 4.90 Å². The molecular formula is C11H13NO3S. The van der Waals surface area contributed by atoms with E-state index in [-0.39, 0.29) is 6.09 Å². The minimum absolute atomic E-state index is 0.271. The van der Waals surface area contributed by atoms with Crippen LogP contribution in [0.2, 0.25) is 0 Å². The van der Waals surface area contributed by atoms with Gasteiger partial charge in [0.05, 0.1) is 18.0 Å². The number of fused-ring (bicyclic) bond motifs is 1. The first kappa shape index (κ1) is 11.1. The summed E-state index contributed by atoms with van der Waals surface area (Å²) in [6.45, 7) is 3.41. The van der Waals surface area contributed by atoms with Crippen molar-refractivity contribution in [2.45, 2.75) is 19.9 Å². The summed E-state index contributed by atoms with van der Waals surface area (Å²) < 4.78 is 4.95. The summed E-state index contributed by atoms with van der Waals surface area (Å²) in [5.41, 5.74) is 1.08. The second-order valence-corrected chi connectivity index (χ2v) is 4.75. The summed E-state index contributed by atoms with van der Waals surface area (Å²) in [5, 5.41) is 0. The number of nitrogens with zero attached hydrogens (tertiary/aromatic N) is 1. The van der Waals surface area contributed by atoms with Crippen LogP contribution in [0, 0.1) is 0 Å². The van der Waals surface area contributed by atoms with Gasteiger partial charge in [0.15, 0.2) is 6.29 Å². The zero-order valence-electron chi connectivity index (χ0n) is 9.06. The summed E-state index contributed by atoms with van der Waals surface area (Å²) in [4.78, 5) is 25.8. The molecule has 0 N–H and O–H groups in total. The fraction of sp³-hybridized carbons (Fsp3) is 0.455. The Morgan fingerprint density at radius 2 is 2.50 bits per heavy atom. The number of amides is 1. The van der Waals surface area contributed by atoms with Crippen LogP contribution >= 0.6 is 11.3 Å². The molecule has 2 rings (SSSR count). The van der Waals surface area contributed by atoms with E-state index < -0.39 is 0 Å². The number of thiophene rings is 1. The molecule has 4 nitrogen and oxygen atoms in total. The van der Waals surface area contributed by atoms with Crippen LogP contribution in [-0.2, 0) is 17.7 Å². The highest BCUT2D eigenvalue weighted by atomic mass is 32.1. The number of hydrogen-bond donors (Lipinski definition) is 0. The predicted molar refractivity (Wildman–Crippen MR) is 60.8 cm³/mol. The van der Waals surface area contributed by atoms with E-state index in [0.29, 0.717) is 19.7 Å². The number of aldehydes is 1. The number of ether oxygens (including phenoxy) is 1.